The van der Waals surface area contributed by atoms with Crippen LogP contribution < -0.4 is 0 Å². The molecule has 1 aliphatic carbocycles. The third-order valence-corrected chi connectivity index (χ3v) is 6.69. The minimum atomic E-state index is -3.50. The second-order valence-corrected chi connectivity index (χ2v) is 8.08. The number of aromatic nitrogens is 2. The van der Waals surface area contributed by atoms with Gasteiger partial charge < -0.3 is 5.11 Å². The second-order valence-electron chi connectivity index (χ2n) is 6.19. The lowest BCUT2D eigenvalue weighted by molar-refractivity contribution is 0.0386. The van der Waals surface area contributed by atoms with E-state index in [-0.39, 0.29) is 23.0 Å². The van der Waals surface area contributed by atoms with Gasteiger partial charge in [-0.25, -0.2) is 8.42 Å². The lowest BCUT2D eigenvalue weighted by Gasteiger charge is -2.36. The minimum absolute atomic E-state index is 0.0643. The van der Waals surface area contributed by atoms with Crippen LogP contribution in [-0.4, -0.2) is 46.3 Å². The predicted octanol–water partition coefficient (Wildman–Crippen LogP) is 1.12. The summed E-state index contributed by atoms with van der Waals surface area (Å²) in [5, 5.41) is 14.2. The fourth-order valence-electron chi connectivity index (χ4n) is 3.75. The van der Waals surface area contributed by atoms with Gasteiger partial charge in [0, 0.05) is 31.7 Å². The molecule has 6 nitrogen and oxygen atoms in total. The van der Waals surface area contributed by atoms with Crippen molar-refractivity contribution in [2.75, 3.05) is 6.54 Å². The van der Waals surface area contributed by atoms with Crippen molar-refractivity contribution in [2.45, 2.75) is 55.6 Å². The molecule has 2 fully saturated rings. The molecule has 0 radical (unpaired) electrons. The zero-order chi connectivity index (χ0) is 15.0. The molecule has 1 N–H and O–H groups in total. The molecule has 0 spiro atoms. The van der Waals surface area contributed by atoms with Gasteiger partial charge in [-0.15, -0.1) is 0 Å². The summed E-state index contributed by atoms with van der Waals surface area (Å²) in [7, 11) is -1.79. The molecule has 1 saturated heterocycles. The molecule has 1 aromatic heterocycles. The van der Waals surface area contributed by atoms with Crippen molar-refractivity contribution in [3.05, 3.63) is 12.4 Å². The van der Waals surface area contributed by atoms with Gasteiger partial charge >= 0.3 is 0 Å². The van der Waals surface area contributed by atoms with Gasteiger partial charge in [-0.1, -0.05) is 12.8 Å². The molecule has 1 aromatic rings. The topological polar surface area (TPSA) is 75.4 Å². The molecular weight excluding hydrogens is 290 g/mol. The number of rotatable bonds is 3. The van der Waals surface area contributed by atoms with Crippen molar-refractivity contribution in [3.8, 4) is 0 Å². The molecule has 0 amide bonds. The Kier molecular flexibility index (Phi) is 4.07. The van der Waals surface area contributed by atoms with E-state index in [1.165, 1.54) is 10.9 Å². The Hall–Kier alpha value is -0.920. The Labute approximate surface area is 125 Å². The minimum Gasteiger partial charge on any atom is -0.393 e. The monoisotopic (exact) mass is 313 g/mol. The summed E-state index contributed by atoms with van der Waals surface area (Å²) >= 11 is 0. The van der Waals surface area contributed by atoms with Crippen LogP contribution in [0.3, 0.4) is 0 Å². The van der Waals surface area contributed by atoms with E-state index in [4.69, 9.17) is 0 Å². The average molecular weight is 313 g/mol. The Balaban J connectivity index is 1.86. The van der Waals surface area contributed by atoms with Crippen molar-refractivity contribution in [1.29, 1.82) is 0 Å². The van der Waals surface area contributed by atoms with Gasteiger partial charge in [0.2, 0.25) is 10.0 Å². The summed E-state index contributed by atoms with van der Waals surface area (Å²) in [6.45, 7) is 0.547. The van der Waals surface area contributed by atoms with Gasteiger partial charge in [-0.2, -0.15) is 9.40 Å². The molecule has 2 heterocycles. The fraction of sp³-hybridized carbons (Fsp3) is 0.786. The number of aliphatic hydroxyl groups excluding tert-OH is 1. The predicted molar refractivity (Wildman–Crippen MR) is 78.1 cm³/mol. The molecule has 0 unspecified atom stereocenters. The number of aliphatic hydroxyl groups is 1. The highest BCUT2D eigenvalue weighted by atomic mass is 32.2. The summed E-state index contributed by atoms with van der Waals surface area (Å²) in [6, 6.07) is -0.0643. The molecular formula is C14H23N3O3S. The van der Waals surface area contributed by atoms with Crippen LogP contribution in [0.15, 0.2) is 17.3 Å². The van der Waals surface area contributed by atoms with E-state index in [1.54, 1.807) is 17.5 Å². The van der Waals surface area contributed by atoms with Crippen molar-refractivity contribution >= 4 is 10.0 Å². The number of hydrogen-bond donors (Lipinski definition) is 1. The summed E-state index contributed by atoms with van der Waals surface area (Å²) < 4.78 is 28.7. The molecule has 21 heavy (non-hydrogen) atoms. The second kappa shape index (κ2) is 5.70. The quantitative estimate of drug-likeness (QED) is 0.907. The third-order valence-electron chi connectivity index (χ3n) is 4.81. The van der Waals surface area contributed by atoms with Gasteiger partial charge in [0.25, 0.3) is 0 Å². The van der Waals surface area contributed by atoms with Crippen LogP contribution in [0.25, 0.3) is 0 Å². The summed E-state index contributed by atoms with van der Waals surface area (Å²) in [4.78, 5) is 0.252. The SMILES string of the molecule is Cn1cc(S(=O)(=O)N2CCC[C@@H]2[C@H]2CCCC[C@H]2O)cn1. The van der Waals surface area contributed by atoms with Gasteiger partial charge in [0.1, 0.15) is 4.90 Å². The Morgan fingerprint density at radius 1 is 1.24 bits per heavy atom. The van der Waals surface area contributed by atoms with Gasteiger partial charge in [-0.3, -0.25) is 4.68 Å². The smallest absolute Gasteiger partial charge is 0.246 e. The van der Waals surface area contributed by atoms with Crippen LogP contribution in [0.5, 0.6) is 0 Å². The number of nitrogens with zero attached hydrogens (tertiary/aromatic N) is 3. The van der Waals surface area contributed by atoms with Crippen LogP contribution in [-0.2, 0) is 17.1 Å². The molecule has 2 aliphatic rings. The average Bonchev–Trinajstić information content (AvgIpc) is 3.08. The van der Waals surface area contributed by atoms with E-state index in [0.29, 0.717) is 6.54 Å². The van der Waals surface area contributed by atoms with Crippen LogP contribution in [0.1, 0.15) is 38.5 Å². The zero-order valence-electron chi connectivity index (χ0n) is 12.4. The van der Waals surface area contributed by atoms with Gasteiger partial charge in [0.15, 0.2) is 0 Å². The van der Waals surface area contributed by atoms with Crippen LogP contribution in [0.4, 0.5) is 0 Å². The molecule has 1 saturated carbocycles. The van der Waals surface area contributed by atoms with E-state index >= 15 is 0 Å². The largest absolute Gasteiger partial charge is 0.393 e. The van der Waals surface area contributed by atoms with E-state index in [2.05, 4.69) is 5.10 Å². The molecule has 7 heteroatoms. The maximum Gasteiger partial charge on any atom is 0.246 e. The third kappa shape index (κ3) is 2.74. The van der Waals surface area contributed by atoms with Crippen LogP contribution in [0.2, 0.25) is 0 Å². The number of aryl methyl sites for hydroxylation is 1. The number of sulfonamides is 1. The fourth-order valence-corrected chi connectivity index (χ4v) is 5.47. The highest BCUT2D eigenvalue weighted by molar-refractivity contribution is 7.89. The maximum atomic E-state index is 12.8. The lowest BCUT2D eigenvalue weighted by atomic mass is 9.81. The molecule has 0 bridgehead atoms. The van der Waals surface area contributed by atoms with Crippen molar-refractivity contribution in [1.82, 2.24) is 14.1 Å². The van der Waals surface area contributed by atoms with Crippen LogP contribution >= 0.6 is 0 Å². The summed E-state index contributed by atoms with van der Waals surface area (Å²) in [5.41, 5.74) is 0. The Morgan fingerprint density at radius 2 is 2.00 bits per heavy atom. The van der Waals surface area contributed by atoms with Gasteiger partial charge in [-0.05, 0) is 25.7 Å². The summed E-state index contributed by atoms with van der Waals surface area (Å²) in [6.07, 6.45) is 8.14. The first kappa shape index (κ1) is 15.0. The van der Waals surface area contributed by atoms with E-state index < -0.39 is 10.0 Å². The molecule has 3 rings (SSSR count). The van der Waals surface area contributed by atoms with Crippen molar-refractivity contribution in [2.24, 2.45) is 13.0 Å². The molecule has 0 aromatic carbocycles. The Bertz CT molecular complexity index is 598. The normalized spacial score (nSPS) is 31.6. The standard InChI is InChI=1S/C14H23N3O3S/c1-16-10-11(9-15-16)21(19,20)17-8-4-6-13(17)12-5-2-3-7-14(12)18/h9-10,12-14,18H,2-8H2,1H3/t12-,13-,14-/m1/s1. The van der Waals surface area contributed by atoms with Crippen LogP contribution in [0, 0.1) is 5.92 Å². The first-order valence-corrected chi connectivity index (χ1v) is 9.13. The first-order valence-electron chi connectivity index (χ1n) is 7.69. The highest BCUT2D eigenvalue weighted by Gasteiger charge is 2.42. The first-order chi connectivity index (χ1) is 10.00. The summed E-state index contributed by atoms with van der Waals surface area (Å²) in [5.74, 6) is 0.0766. The van der Waals surface area contributed by atoms with E-state index in [9.17, 15) is 13.5 Å². The highest BCUT2D eigenvalue weighted by Crippen LogP contribution is 2.37. The lowest BCUT2D eigenvalue weighted by Crippen LogP contribution is -2.45. The molecule has 3 atom stereocenters. The molecule has 118 valence electrons. The Morgan fingerprint density at radius 3 is 2.67 bits per heavy atom. The van der Waals surface area contributed by atoms with Crippen molar-refractivity contribution < 1.29 is 13.5 Å². The van der Waals surface area contributed by atoms with E-state index in [0.717, 1.165) is 38.5 Å². The zero-order valence-corrected chi connectivity index (χ0v) is 13.2. The van der Waals surface area contributed by atoms with Gasteiger partial charge in [0.05, 0.1) is 12.3 Å². The van der Waals surface area contributed by atoms with E-state index in [1.807, 2.05) is 0 Å². The van der Waals surface area contributed by atoms with Crippen molar-refractivity contribution in [3.63, 3.8) is 0 Å². The maximum absolute atomic E-state index is 12.8. The number of hydrogen-bond acceptors (Lipinski definition) is 4. The molecule has 1 aliphatic heterocycles.